The maximum atomic E-state index is 12.5. The van der Waals surface area contributed by atoms with Gasteiger partial charge in [-0.15, -0.1) is 29.5 Å². The first-order valence-electron chi connectivity index (χ1n) is 32.8. The Hall–Kier alpha value is -8.00. The van der Waals surface area contributed by atoms with Gasteiger partial charge in [-0.3, -0.25) is 53.1 Å². The van der Waals surface area contributed by atoms with Crippen LogP contribution in [0.5, 0.6) is 0 Å². The first-order chi connectivity index (χ1) is 43.7. The highest BCUT2D eigenvalue weighted by Gasteiger charge is 2.38. The van der Waals surface area contributed by atoms with Crippen LogP contribution in [0.3, 0.4) is 0 Å². The van der Waals surface area contributed by atoms with E-state index in [4.69, 9.17) is 5.11 Å². The Bertz CT molecular complexity index is 3250. The van der Waals surface area contributed by atoms with Gasteiger partial charge >= 0.3 is 5.97 Å². The molecule has 1 saturated heterocycles. The number of nitrogens with zero attached hydrogens (tertiary/aromatic N) is 3. The SMILES string of the molecule is CC1(Cc2ccc(C(=O)NCCCN3C(=O)C=CC3=O)cc2)C#CCCCCC1.CC1(Cc2ccc(C(=O)O)cc2)C#CCCCCC1.CCCCN1C(=O)C=CC1=O.CCSC1CC(=O)N(CCCNC(=O)c2ccc(CC3(C)C#CCCCCC3)cc2)C1=O. The fourth-order valence-corrected chi connectivity index (χ4v) is 12.6. The van der Waals surface area contributed by atoms with Crippen LogP contribution in [0.1, 0.15) is 211 Å². The fourth-order valence-electron chi connectivity index (χ4n) is 11.7. The van der Waals surface area contributed by atoms with E-state index in [1.165, 1.54) is 125 Å². The predicted molar refractivity (Wildman–Crippen MR) is 358 cm³/mol. The molecule has 0 spiro atoms. The van der Waals surface area contributed by atoms with Crippen molar-refractivity contribution in [3.63, 3.8) is 0 Å². The molecule has 0 bridgehead atoms. The third kappa shape index (κ3) is 24.0. The standard InChI is InChI=1S/C26H34N2O3S.C24H28N2O3.C17H20O2.C8H11NO2/c1-3-32-22-18-23(29)28(25(22)31)17-9-16-27-24(30)21-12-10-20(11-13-21)19-26(2)14-7-5-4-6-8-15-26;1-24(14-5-3-2-4-6-15-24)18-19-8-10-20(11-9-19)23(29)25-16-7-17-26-21(27)12-13-22(26)28;1-17(11-5-3-2-4-6-12-17)13-14-7-9-15(10-8-14)16(18)19;1-2-3-6-9-7(10)4-5-8(9)11/h10-13,22H,3-7,9,14,16-19H2,1-2H3,(H,27,30);8-13H,2-5,7,14,16-18H2,1H3,(H,25,29);7-10H,2-5,11,13H2,1H3,(H,18,19);4-5H,2-3,6H2,1H3. The molecule has 4 atom stereocenters. The number of carbonyl (C=O) groups excluding carboxylic acids is 8. The van der Waals surface area contributed by atoms with Crippen molar-refractivity contribution >= 4 is 65.0 Å². The lowest BCUT2D eigenvalue weighted by Crippen LogP contribution is -2.34. The molecule has 0 radical (unpaired) electrons. The van der Waals surface area contributed by atoms with Gasteiger partial charge in [-0.25, -0.2) is 4.79 Å². The second kappa shape index (κ2) is 36.7. The largest absolute Gasteiger partial charge is 0.478 e. The van der Waals surface area contributed by atoms with E-state index in [-0.39, 0.29) is 68.8 Å². The van der Waals surface area contributed by atoms with Gasteiger partial charge in [0.1, 0.15) is 0 Å². The summed E-state index contributed by atoms with van der Waals surface area (Å²) in [6.45, 7) is 12.8. The molecule has 8 amide bonds. The third-order valence-corrected chi connectivity index (χ3v) is 18.1. The highest BCUT2D eigenvalue weighted by atomic mass is 32.2. The van der Waals surface area contributed by atoms with Crippen molar-refractivity contribution < 1.29 is 48.3 Å². The zero-order valence-electron chi connectivity index (χ0n) is 54.2. The Morgan fingerprint density at radius 1 is 0.495 bits per heavy atom. The van der Waals surface area contributed by atoms with E-state index in [1.54, 1.807) is 12.1 Å². The normalized spacial score (nSPS) is 21.8. The van der Waals surface area contributed by atoms with Crippen LogP contribution in [0, 0.1) is 51.8 Å². The van der Waals surface area contributed by atoms with Gasteiger partial charge in [-0.05, 0) is 157 Å². The van der Waals surface area contributed by atoms with Crippen molar-refractivity contribution in [2.45, 2.75) is 188 Å². The molecule has 4 unspecified atom stereocenters. The van der Waals surface area contributed by atoms with Gasteiger partial charge in [0, 0.05) is 110 Å². The maximum absolute atomic E-state index is 12.5. The molecular formula is C75H93N5O10S. The number of rotatable bonds is 22. The molecule has 0 saturated carbocycles. The van der Waals surface area contributed by atoms with Crippen molar-refractivity contribution in [2.75, 3.05) is 38.5 Å². The number of carboxylic acids is 1. The van der Waals surface area contributed by atoms with E-state index >= 15 is 0 Å². The molecule has 3 aromatic carbocycles. The van der Waals surface area contributed by atoms with Crippen molar-refractivity contribution in [1.82, 2.24) is 25.3 Å². The number of hydrogen-bond donors (Lipinski definition) is 3. The van der Waals surface area contributed by atoms with Gasteiger partial charge < -0.3 is 15.7 Å². The monoisotopic (exact) mass is 1260 g/mol. The molecule has 1 fully saturated rings. The average Bonchev–Trinajstić information content (AvgIpc) is 2.57. The minimum absolute atomic E-state index is 0.00325. The van der Waals surface area contributed by atoms with Gasteiger partial charge in [0.25, 0.3) is 35.4 Å². The average molecular weight is 1260 g/mol. The number of unbranched alkanes of at least 4 members (excludes halogenated alkanes) is 1. The number of carbonyl (C=O) groups is 9. The van der Waals surface area contributed by atoms with E-state index in [1.807, 2.05) is 74.5 Å². The van der Waals surface area contributed by atoms with Crippen LogP contribution < -0.4 is 10.6 Å². The van der Waals surface area contributed by atoms with E-state index in [0.717, 1.165) is 76.4 Å². The van der Waals surface area contributed by atoms with E-state index in [9.17, 15) is 43.2 Å². The highest BCUT2D eigenvalue weighted by molar-refractivity contribution is 8.00. The van der Waals surface area contributed by atoms with Crippen molar-refractivity contribution in [3.05, 3.63) is 130 Å². The molecule has 16 heteroatoms. The summed E-state index contributed by atoms with van der Waals surface area (Å²) in [4.78, 5) is 109. The lowest BCUT2D eigenvalue weighted by atomic mass is 9.78. The summed E-state index contributed by atoms with van der Waals surface area (Å²) in [5.41, 5.74) is 5.17. The first kappa shape index (κ1) is 72.1. The number of benzene rings is 3. The quantitative estimate of drug-likeness (QED) is 0.0490. The van der Waals surface area contributed by atoms with Crippen molar-refractivity contribution in [1.29, 1.82) is 0 Å². The van der Waals surface area contributed by atoms with Crippen LogP contribution in [0.25, 0.3) is 0 Å². The van der Waals surface area contributed by atoms with Gasteiger partial charge in [-0.1, -0.05) is 113 Å². The zero-order valence-corrected chi connectivity index (χ0v) is 55.0. The highest BCUT2D eigenvalue weighted by Crippen LogP contribution is 2.33. The van der Waals surface area contributed by atoms with Crippen LogP contribution >= 0.6 is 11.8 Å². The van der Waals surface area contributed by atoms with Crippen LogP contribution in [0.15, 0.2) is 97.1 Å². The maximum Gasteiger partial charge on any atom is 0.335 e. The summed E-state index contributed by atoms with van der Waals surface area (Å²) in [5.74, 6) is 18.8. The third-order valence-electron chi connectivity index (χ3n) is 17.0. The molecule has 484 valence electrons. The van der Waals surface area contributed by atoms with Gasteiger partial charge in [0.2, 0.25) is 11.8 Å². The molecule has 3 aliphatic carbocycles. The predicted octanol–water partition coefficient (Wildman–Crippen LogP) is 12.1. The molecular weight excluding hydrogens is 1160 g/mol. The molecule has 91 heavy (non-hydrogen) atoms. The molecule has 3 aliphatic heterocycles. The minimum Gasteiger partial charge on any atom is -0.478 e. The molecule has 6 aliphatic rings. The number of likely N-dealkylation sites (tertiary alicyclic amines) is 1. The van der Waals surface area contributed by atoms with E-state index in [2.05, 4.69) is 66.9 Å². The summed E-state index contributed by atoms with van der Waals surface area (Å²) in [6.07, 6.45) is 28.5. The Balaban J connectivity index is 0.000000205. The first-order valence-corrected chi connectivity index (χ1v) is 33.9. The van der Waals surface area contributed by atoms with Gasteiger partial charge in [0.05, 0.1) is 10.8 Å². The van der Waals surface area contributed by atoms with Crippen LogP contribution in [-0.4, -0.2) is 117 Å². The van der Waals surface area contributed by atoms with Crippen molar-refractivity contribution in [2.24, 2.45) is 16.2 Å². The smallest absolute Gasteiger partial charge is 0.335 e. The van der Waals surface area contributed by atoms with Crippen molar-refractivity contribution in [3.8, 4) is 35.5 Å². The molecule has 3 N–H and O–H groups in total. The Kier molecular flexibility index (Phi) is 29.1. The Morgan fingerprint density at radius 2 is 0.846 bits per heavy atom. The number of hydrogen-bond acceptors (Lipinski definition) is 10. The van der Waals surface area contributed by atoms with Crippen LogP contribution in [0.4, 0.5) is 0 Å². The number of thioether (sulfide) groups is 1. The topological polar surface area (TPSA) is 208 Å². The number of aromatic carboxylic acids is 1. The lowest BCUT2D eigenvalue weighted by molar-refractivity contribution is -0.139. The number of carboxylic acid groups (broad SMARTS) is 1. The molecule has 0 aromatic heterocycles. The van der Waals surface area contributed by atoms with Gasteiger partial charge in [0.15, 0.2) is 0 Å². The number of amides is 8. The summed E-state index contributed by atoms with van der Waals surface area (Å²) in [6, 6.07) is 22.7. The summed E-state index contributed by atoms with van der Waals surface area (Å²) in [5, 5.41) is 14.4. The molecule has 3 aromatic rings. The van der Waals surface area contributed by atoms with Crippen LogP contribution in [0.2, 0.25) is 0 Å². The fraction of sp³-hybridized carbons (Fsp3) is 0.507. The number of nitrogens with one attached hydrogen (secondary N) is 2. The molecule has 15 nitrogen and oxygen atoms in total. The minimum atomic E-state index is -0.872. The van der Waals surface area contributed by atoms with E-state index < -0.39 is 5.97 Å². The van der Waals surface area contributed by atoms with Gasteiger partial charge in [-0.2, -0.15) is 0 Å². The number of imide groups is 3. The lowest BCUT2D eigenvalue weighted by Gasteiger charge is -2.25. The molecule has 3 heterocycles. The second-order valence-corrected chi connectivity index (χ2v) is 26.6. The summed E-state index contributed by atoms with van der Waals surface area (Å²) < 4.78 is 0. The second-order valence-electron chi connectivity index (χ2n) is 25.1. The Labute approximate surface area is 544 Å². The zero-order chi connectivity index (χ0) is 65.7. The molecule has 9 rings (SSSR count). The summed E-state index contributed by atoms with van der Waals surface area (Å²) in [7, 11) is 0. The van der Waals surface area contributed by atoms with Crippen LogP contribution in [-0.2, 0) is 48.0 Å². The van der Waals surface area contributed by atoms with E-state index in [0.29, 0.717) is 68.7 Å². The summed E-state index contributed by atoms with van der Waals surface area (Å²) >= 11 is 1.52. The Morgan fingerprint density at radius 3 is 1.20 bits per heavy atom.